The molecule has 238 valence electrons. The van der Waals surface area contributed by atoms with Crippen LogP contribution in [0.3, 0.4) is 0 Å². The molecule has 2 aliphatic rings. The van der Waals surface area contributed by atoms with Crippen molar-refractivity contribution >= 4 is 35.4 Å². The highest BCUT2D eigenvalue weighted by molar-refractivity contribution is 5.96. The zero-order valence-electron chi connectivity index (χ0n) is 26.1. The molecule has 1 saturated carbocycles. The summed E-state index contributed by atoms with van der Waals surface area (Å²) in [5, 5.41) is 12.9. The van der Waals surface area contributed by atoms with Gasteiger partial charge in [-0.05, 0) is 31.6 Å². The number of hydrogen-bond acceptors (Lipinski definition) is 11. The van der Waals surface area contributed by atoms with Gasteiger partial charge in [-0.25, -0.2) is 4.79 Å². The van der Waals surface area contributed by atoms with E-state index < -0.39 is 88.6 Å². The van der Waals surface area contributed by atoms with Crippen molar-refractivity contribution in [1.82, 2.24) is 0 Å². The molecule has 0 bridgehead atoms. The van der Waals surface area contributed by atoms with Crippen LogP contribution in [0, 0.1) is 17.3 Å². The average molecular weight is 613 g/mol. The lowest BCUT2D eigenvalue weighted by Crippen LogP contribution is -2.70. The summed E-state index contributed by atoms with van der Waals surface area (Å²) in [6.07, 6.45) is -2.73. The highest BCUT2D eigenvalue weighted by Gasteiger charge is 2.75. The minimum atomic E-state index is -2.73. The number of ketones is 2. The maximum Gasteiger partial charge on any atom is 0.338 e. The third kappa shape index (κ3) is 6.52. The topological polar surface area (TPSA) is 160 Å². The van der Waals surface area contributed by atoms with Crippen molar-refractivity contribution in [3.8, 4) is 0 Å². The number of Topliss-reactive ketones (excluding diaryl/α,β-unsaturated/α-hetero) is 2. The number of hydrogen-bond donors (Lipinski definition) is 1. The SMILES string of the molecule is C=C1C[C@H](OC(C)=O)C(=O)C(C)(C)C=C[C@@H](C)C(=O)[C@@]2(OC(C)=O)C[C@H](C)[C@H](OC(=O)c3ccccc3)[C@]2(O)[C@H]1OC(C)=O. The zero-order valence-corrected chi connectivity index (χ0v) is 26.1. The average Bonchev–Trinajstić information content (AvgIpc) is 3.14. The number of rotatable bonds is 5. The third-order valence-electron chi connectivity index (χ3n) is 8.12. The standard InChI is InChI=1S/C33H40O11/c1-18-14-15-31(7,8)27(38)25(41-21(4)34)16-19(2)28(42-22(5)35)33(40)29(43-30(39)24-12-10-9-11-13-24)20(3)17-32(33,26(18)37)44-23(6)36/h9-15,18,20,25,28-29,40H,2,16-17H2,1,3-8H3/t18-,20+,25+,28+,29+,32+,33-/m1/s1. The van der Waals surface area contributed by atoms with Gasteiger partial charge in [0.2, 0.25) is 5.60 Å². The Bertz CT molecular complexity index is 1380. The summed E-state index contributed by atoms with van der Waals surface area (Å²) >= 11 is 0. The van der Waals surface area contributed by atoms with Crippen molar-refractivity contribution in [2.45, 2.75) is 90.8 Å². The van der Waals surface area contributed by atoms with Crippen LogP contribution in [0.5, 0.6) is 0 Å². The van der Waals surface area contributed by atoms with E-state index in [2.05, 4.69) is 6.58 Å². The molecule has 0 amide bonds. The summed E-state index contributed by atoms with van der Waals surface area (Å²) in [6, 6.07) is 7.89. The van der Waals surface area contributed by atoms with Gasteiger partial charge in [0.25, 0.3) is 0 Å². The molecule has 0 unspecified atom stereocenters. The van der Waals surface area contributed by atoms with Crippen LogP contribution < -0.4 is 0 Å². The van der Waals surface area contributed by atoms with Crippen LogP contribution >= 0.6 is 0 Å². The highest BCUT2D eigenvalue weighted by Crippen LogP contribution is 2.53. The van der Waals surface area contributed by atoms with E-state index >= 15 is 0 Å². The molecule has 0 heterocycles. The molecule has 0 spiro atoms. The Labute approximate surface area is 256 Å². The van der Waals surface area contributed by atoms with Crippen molar-refractivity contribution < 1.29 is 52.8 Å². The van der Waals surface area contributed by atoms with Crippen molar-refractivity contribution in [1.29, 1.82) is 0 Å². The van der Waals surface area contributed by atoms with Crippen molar-refractivity contribution in [2.75, 3.05) is 0 Å². The van der Waals surface area contributed by atoms with Gasteiger partial charge in [-0.3, -0.25) is 24.0 Å². The molecule has 44 heavy (non-hydrogen) atoms. The van der Waals surface area contributed by atoms with Gasteiger partial charge in [0.05, 0.1) is 5.56 Å². The Morgan fingerprint density at radius 2 is 1.48 bits per heavy atom. The third-order valence-corrected chi connectivity index (χ3v) is 8.12. The molecule has 0 aromatic heterocycles. The van der Waals surface area contributed by atoms with Crippen molar-refractivity contribution in [3.05, 3.63) is 60.2 Å². The molecule has 0 aliphatic heterocycles. The van der Waals surface area contributed by atoms with Gasteiger partial charge in [0, 0.05) is 50.9 Å². The van der Waals surface area contributed by atoms with Crippen LogP contribution in [0.2, 0.25) is 0 Å². The number of esters is 4. The van der Waals surface area contributed by atoms with E-state index in [4.69, 9.17) is 18.9 Å². The Morgan fingerprint density at radius 1 is 0.886 bits per heavy atom. The smallest absolute Gasteiger partial charge is 0.338 e. The first-order chi connectivity index (χ1) is 20.4. The second kappa shape index (κ2) is 12.9. The fourth-order valence-electron chi connectivity index (χ4n) is 6.15. The second-order valence-electron chi connectivity index (χ2n) is 12.2. The van der Waals surface area contributed by atoms with E-state index in [-0.39, 0.29) is 17.6 Å². The number of fused-ring (bicyclic) bond motifs is 1. The normalized spacial score (nSPS) is 32.0. The van der Waals surface area contributed by atoms with Crippen molar-refractivity contribution in [2.24, 2.45) is 17.3 Å². The zero-order chi connectivity index (χ0) is 33.2. The number of aliphatic hydroxyl groups is 1. The van der Waals surface area contributed by atoms with Gasteiger partial charge in [-0.2, -0.15) is 0 Å². The number of ether oxygens (including phenoxy) is 4. The predicted octanol–water partition coefficient (Wildman–Crippen LogP) is 3.46. The second-order valence-corrected chi connectivity index (χ2v) is 12.2. The first-order valence-electron chi connectivity index (χ1n) is 14.4. The molecular weight excluding hydrogens is 572 g/mol. The van der Waals surface area contributed by atoms with E-state index in [1.54, 1.807) is 39.0 Å². The van der Waals surface area contributed by atoms with Gasteiger partial charge in [-0.1, -0.05) is 50.8 Å². The van der Waals surface area contributed by atoms with Crippen LogP contribution in [-0.2, 0) is 42.9 Å². The lowest BCUT2D eigenvalue weighted by molar-refractivity contribution is -0.231. The lowest BCUT2D eigenvalue weighted by Gasteiger charge is -2.47. The Kier molecular flexibility index (Phi) is 10.0. The quantitative estimate of drug-likeness (QED) is 0.295. The fraction of sp³-hybridized carbons (Fsp3) is 0.515. The Balaban J connectivity index is 2.37. The van der Waals surface area contributed by atoms with Gasteiger partial charge in [0.1, 0.15) is 6.10 Å². The molecule has 1 fully saturated rings. The minimum absolute atomic E-state index is 0.134. The van der Waals surface area contributed by atoms with Crippen molar-refractivity contribution in [3.63, 3.8) is 0 Å². The molecule has 1 N–H and O–H groups in total. The van der Waals surface area contributed by atoms with E-state index in [9.17, 15) is 33.9 Å². The molecule has 1 aromatic rings. The Hall–Kier alpha value is -4.12. The summed E-state index contributed by atoms with van der Waals surface area (Å²) in [4.78, 5) is 78.7. The number of carbonyl (C=O) groups excluding carboxylic acids is 6. The molecule has 0 saturated heterocycles. The predicted molar refractivity (Wildman–Crippen MR) is 156 cm³/mol. The van der Waals surface area contributed by atoms with Crippen LogP contribution in [0.1, 0.15) is 71.7 Å². The van der Waals surface area contributed by atoms with Crippen LogP contribution in [0.4, 0.5) is 0 Å². The van der Waals surface area contributed by atoms with E-state index in [1.807, 2.05) is 0 Å². The molecule has 7 atom stereocenters. The number of benzene rings is 1. The van der Waals surface area contributed by atoms with E-state index in [1.165, 1.54) is 31.2 Å². The summed E-state index contributed by atoms with van der Waals surface area (Å²) in [5.74, 6) is -6.69. The summed E-state index contributed by atoms with van der Waals surface area (Å²) in [7, 11) is 0. The summed E-state index contributed by atoms with van der Waals surface area (Å²) in [5.41, 5.74) is -6.39. The summed E-state index contributed by atoms with van der Waals surface area (Å²) in [6.45, 7) is 13.4. The first kappa shape index (κ1) is 34.4. The fourth-order valence-corrected chi connectivity index (χ4v) is 6.15. The molecule has 1 aromatic carbocycles. The number of allylic oxidation sites excluding steroid dienone is 2. The molecule has 3 rings (SSSR count). The van der Waals surface area contributed by atoms with E-state index in [0.29, 0.717) is 0 Å². The van der Waals surface area contributed by atoms with Crippen LogP contribution in [-0.4, -0.2) is 70.1 Å². The van der Waals surface area contributed by atoms with Gasteiger partial charge in [0.15, 0.2) is 29.4 Å². The maximum absolute atomic E-state index is 14.4. The Morgan fingerprint density at radius 3 is 2.02 bits per heavy atom. The first-order valence-corrected chi connectivity index (χ1v) is 14.4. The molecule has 11 heteroatoms. The number of carbonyl (C=O) groups is 6. The van der Waals surface area contributed by atoms with Gasteiger partial charge >= 0.3 is 23.9 Å². The largest absolute Gasteiger partial charge is 0.455 e. The summed E-state index contributed by atoms with van der Waals surface area (Å²) < 4.78 is 22.6. The molecule has 2 aliphatic carbocycles. The monoisotopic (exact) mass is 612 g/mol. The van der Waals surface area contributed by atoms with Gasteiger partial charge < -0.3 is 24.1 Å². The highest BCUT2D eigenvalue weighted by atomic mass is 16.6. The van der Waals surface area contributed by atoms with E-state index in [0.717, 1.165) is 20.8 Å². The molecular formula is C33H40O11. The maximum atomic E-state index is 14.4. The van der Waals surface area contributed by atoms with Crippen LogP contribution in [0.25, 0.3) is 0 Å². The minimum Gasteiger partial charge on any atom is -0.455 e. The van der Waals surface area contributed by atoms with Crippen LogP contribution in [0.15, 0.2) is 54.6 Å². The van der Waals surface area contributed by atoms with Gasteiger partial charge in [-0.15, -0.1) is 0 Å². The lowest BCUT2D eigenvalue weighted by atomic mass is 9.70. The molecule has 11 nitrogen and oxygen atoms in total. The molecule has 0 radical (unpaired) electrons.